The smallest absolute Gasteiger partial charge is 0.306 e. The van der Waals surface area contributed by atoms with E-state index in [1.807, 2.05) is 27.7 Å². The SMILES string of the molecule is CC(C)(C)CC(=O)OCC(=O)[C@@]12OC(C)(C)O[C@@H]1C[C@@H]1[C@H]3CCC4=CC(=O)C=C[C@]4(C)[C@@]3(F)[C@@H](O)C[C@@]12C. The number of ether oxygens (including phenoxy) is 3. The van der Waals surface area contributed by atoms with Crippen LogP contribution < -0.4 is 0 Å². The molecule has 5 rings (SSSR count). The Morgan fingerprint density at radius 1 is 1.18 bits per heavy atom. The lowest BCUT2D eigenvalue weighted by Crippen LogP contribution is -2.70. The van der Waals surface area contributed by atoms with E-state index in [1.165, 1.54) is 12.2 Å². The lowest BCUT2D eigenvalue weighted by molar-refractivity contribution is -0.246. The second-order valence-electron chi connectivity index (χ2n) is 14.2. The Balaban J connectivity index is 1.51. The summed E-state index contributed by atoms with van der Waals surface area (Å²) in [5.41, 5.74) is -5.17. The first-order valence-electron chi connectivity index (χ1n) is 13.8. The molecule has 0 unspecified atom stereocenters. The Hall–Kier alpha value is -1.90. The predicted octanol–water partition coefficient (Wildman–Crippen LogP) is 4.41. The van der Waals surface area contributed by atoms with Crippen LogP contribution in [-0.4, -0.2) is 58.5 Å². The maximum atomic E-state index is 17.4. The van der Waals surface area contributed by atoms with Crippen molar-refractivity contribution in [3.8, 4) is 0 Å². The van der Waals surface area contributed by atoms with Gasteiger partial charge in [0.1, 0.15) is 0 Å². The average Bonchev–Trinajstić information content (AvgIpc) is 3.18. The maximum Gasteiger partial charge on any atom is 0.306 e. The quantitative estimate of drug-likeness (QED) is 0.536. The fraction of sp³-hybridized carbons (Fsp3) is 0.767. The summed E-state index contributed by atoms with van der Waals surface area (Å²) < 4.78 is 35.6. The van der Waals surface area contributed by atoms with Gasteiger partial charge in [-0.05, 0) is 69.9 Å². The summed E-state index contributed by atoms with van der Waals surface area (Å²) in [5, 5.41) is 11.6. The van der Waals surface area contributed by atoms with Crippen molar-refractivity contribution in [3.63, 3.8) is 0 Å². The van der Waals surface area contributed by atoms with E-state index >= 15 is 4.39 Å². The van der Waals surface area contributed by atoms with E-state index in [0.717, 1.165) is 0 Å². The number of alkyl halides is 1. The summed E-state index contributed by atoms with van der Waals surface area (Å²) in [5.74, 6) is -3.02. The van der Waals surface area contributed by atoms with Gasteiger partial charge in [0, 0.05) is 16.7 Å². The van der Waals surface area contributed by atoms with Crippen molar-refractivity contribution in [2.45, 2.75) is 110 Å². The third kappa shape index (κ3) is 3.66. The van der Waals surface area contributed by atoms with Crippen molar-refractivity contribution in [3.05, 3.63) is 23.8 Å². The molecule has 8 heteroatoms. The molecule has 1 saturated heterocycles. The van der Waals surface area contributed by atoms with Gasteiger partial charge in [-0.25, -0.2) is 4.39 Å². The zero-order valence-electron chi connectivity index (χ0n) is 23.6. The topological polar surface area (TPSA) is 99.1 Å². The Kier molecular flexibility index (Phi) is 6.05. The molecule has 0 spiro atoms. The number of hydrogen-bond donors (Lipinski definition) is 1. The molecule has 1 heterocycles. The van der Waals surface area contributed by atoms with Crippen molar-refractivity contribution in [2.24, 2.45) is 28.1 Å². The van der Waals surface area contributed by atoms with E-state index in [1.54, 1.807) is 26.8 Å². The molecular weight excluding hydrogens is 491 g/mol. The number of aliphatic hydroxyl groups excluding tert-OH is 1. The van der Waals surface area contributed by atoms with Crippen LogP contribution in [0.2, 0.25) is 0 Å². The van der Waals surface area contributed by atoms with E-state index in [-0.39, 0.29) is 30.0 Å². The third-order valence-corrected chi connectivity index (χ3v) is 10.1. The highest BCUT2D eigenvalue weighted by Gasteiger charge is 2.80. The Bertz CT molecular complexity index is 1130. The van der Waals surface area contributed by atoms with Crippen LogP contribution in [0.1, 0.15) is 80.6 Å². The van der Waals surface area contributed by atoms with Crippen LogP contribution in [-0.2, 0) is 28.6 Å². The summed E-state index contributed by atoms with van der Waals surface area (Å²) in [6, 6.07) is 0. The largest absolute Gasteiger partial charge is 0.458 e. The lowest BCUT2D eigenvalue weighted by atomic mass is 9.44. The van der Waals surface area contributed by atoms with Crippen LogP contribution >= 0.6 is 0 Å². The van der Waals surface area contributed by atoms with Crippen LogP contribution in [0.5, 0.6) is 0 Å². The summed E-state index contributed by atoms with van der Waals surface area (Å²) in [7, 11) is 0. The van der Waals surface area contributed by atoms with Gasteiger partial charge in [0.05, 0.1) is 18.6 Å². The monoisotopic (exact) mass is 532 g/mol. The van der Waals surface area contributed by atoms with E-state index in [9.17, 15) is 19.5 Å². The van der Waals surface area contributed by atoms with Crippen LogP contribution in [0.15, 0.2) is 23.8 Å². The van der Waals surface area contributed by atoms with Crippen LogP contribution in [0.3, 0.4) is 0 Å². The van der Waals surface area contributed by atoms with Crippen molar-refractivity contribution in [2.75, 3.05) is 6.61 Å². The maximum absolute atomic E-state index is 17.4. The Morgan fingerprint density at radius 3 is 2.53 bits per heavy atom. The summed E-state index contributed by atoms with van der Waals surface area (Å²) in [6.07, 6.45) is 3.96. The van der Waals surface area contributed by atoms with E-state index in [2.05, 4.69) is 0 Å². The van der Waals surface area contributed by atoms with Crippen molar-refractivity contribution in [1.29, 1.82) is 0 Å². The fourth-order valence-electron chi connectivity index (χ4n) is 8.55. The fourth-order valence-corrected chi connectivity index (χ4v) is 8.55. The first-order valence-corrected chi connectivity index (χ1v) is 13.8. The minimum Gasteiger partial charge on any atom is -0.458 e. The number of hydrogen-bond acceptors (Lipinski definition) is 7. The van der Waals surface area contributed by atoms with E-state index < -0.39 is 64.4 Å². The molecule has 0 bridgehead atoms. The second kappa shape index (κ2) is 8.31. The summed E-state index contributed by atoms with van der Waals surface area (Å²) >= 11 is 0. The minimum absolute atomic E-state index is 0.0209. The first kappa shape index (κ1) is 27.7. The standard InChI is InChI=1S/C30H41FO7/c1-25(2,3)15-24(35)36-16-22(34)30-23(37-26(4,5)38-30)13-20-19-9-8-17-12-18(32)10-11-27(17,6)29(19,31)21(33)14-28(20,30)7/h10-12,19-21,23,33H,8-9,13-16H2,1-7H3/t19-,20-,21+,23-,27+,28+,29+,30-/m1/s1. The minimum atomic E-state index is -2.02. The number of aliphatic hydroxyl groups is 1. The molecule has 0 aromatic rings. The second-order valence-corrected chi connectivity index (χ2v) is 14.2. The summed E-state index contributed by atoms with van der Waals surface area (Å²) in [4.78, 5) is 38.6. The number of rotatable bonds is 4. The van der Waals surface area contributed by atoms with Crippen molar-refractivity contribution in [1.82, 2.24) is 0 Å². The van der Waals surface area contributed by atoms with Gasteiger partial charge in [-0.3, -0.25) is 14.4 Å². The van der Waals surface area contributed by atoms with E-state index in [4.69, 9.17) is 14.2 Å². The zero-order chi connectivity index (χ0) is 28.1. The van der Waals surface area contributed by atoms with Gasteiger partial charge in [-0.2, -0.15) is 0 Å². The van der Waals surface area contributed by atoms with Gasteiger partial charge >= 0.3 is 5.97 Å². The number of carbonyl (C=O) groups excluding carboxylic acids is 3. The molecule has 0 amide bonds. The van der Waals surface area contributed by atoms with Gasteiger partial charge in [-0.1, -0.05) is 39.3 Å². The predicted molar refractivity (Wildman–Crippen MR) is 137 cm³/mol. The number of carbonyl (C=O) groups is 3. The van der Waals surface area contributed by atoms with Gasteiger partial charge in [0.2, 0.25) is 5.78 Å². The highest BCUT2D eigenvalue weighted by atomic mass is 19.1. The molecule has 210 valence electrons. The van der Waals surface area contributed by atoms with Crippen LogP contribution in [0.4, 0.5) is 4.39 Å². The summed E-state index contributed by atoms with van der Waals surface area (Å²) in [6.45, 7) is 12.4. The molecule has 1 N–H and O–H groups in total. The van der Waals surface area contributed by atoms with Crippen molar-refractivity contribution >= 4 is 17.5 Å². The van der Waals surface area contributed by atoms with E-state index in [0.29, 0.717) is 24.8 Å². The molecule has 0 radical (unpaired) electrons. The van der Waals surface area contributed by atoms with Crippen molar-refractivity contribution < 1.29 is 38.1 Å². The van der Waals surface area contributed by atoms with Gasteiger partial charge in [-0.15, -0.1) is 0 Å². The Labute approximate surface area is 224 Å². The number of halogens is 1. The molecule has 4 fully saturated rings. The number of esters is 1. The molecule has 8 atom stereocenters. The van der Waals surface area contributed by atoms with Crippen LogP contribution in [0, 0.1) is 28.1 Å². The highest BCUT2D eigenvalue weighted by Crippen LogP contribution is 2.72. The van der Waals surface area contributed by atoms with Gasteiger partial charge in [0.15, 0.2) is 29.4 Å². The molecule has 3 saturated carbocycles. The molecule has 0 aromatic heterocycles. The number of Topliss-reactive ketones (excluding diaryl/α,β-unsaturated/α-hetero) is 1. The zero-order valence-corrected chi connectivity index (χ0v) is 23.6. The first-order chi connectivity index (χ1) is 17.4. The van der Waals surface area contributed by atoms with Gasteiger partial charge in [0.25, 0.3) is 0 Å². The highest BCUT2D eigenvalue weighted by molar-refractivity contribution is 6.01. The number of fused-ring (bicyclic) bond motifs is 7. The van der Waals surface area contributed by atoms with Crippen LogP contribution in [0.25, 0.3) is 0 Å². The lowest BCUT2D eigenvalue weighted by Gasteiger charge is -2.62. The molecule has 7 nitrogen and oxygen atoms in total. The average molecular weight is 533 g/mol. The third-order valence-electron chi connectivity index (χ3n) is 10.1. The molecule has 0 aromatic carbocycles. The Morgan fingerprint density at radius 2 is 1.87 bits per heavy atom. The number of allylic oxidation sites excluding steroid dienone is 4. The number of ketones is 2. The molecule has 5 aliphatic rings. The molecule has 1 aliphatic heterocycles. The normalized spacial score (nSPS) is 45.0. The van der Waals surface area contributed by atoms with Gasteiger partial charge < -0.3 is 19.3 Å². The molecule has 4 aliphatic carbocycles. The molecular formula is C30H41FO7. The molecule has 38 heavy (non-hydrogen) atoms.